The molecule has 25 heavy (non-hydrogen) atoms. The van der Waals surface area contributed by atoms with E-state index in [-0.39, 0.29) is 5.91 Å². The lowest BCUT2D eigenvalue weighted by Gasteiger charge is -2.21. The molecule has 128 valence electrons. The molecule has 1 amide bonds. The standard InChI is InChI=1S/C20H22N4O/c25-20(23-12-3-1-2-4-13-23)17-7-8-18(24-14-9-21-16-24)19(15-17)22-10-5-6-11-22/h5-11,14-16H,1-4,12-13H2. The van der Waals surface area contributed by atoms with Crippen molar-refractivity contribution in [2.75, 3.05) is 13.1 Å². The van der Waals surface area contributed by atoms with Crippen molar-refractivity contribution >= 4 is 5.91 Å². The number of nitrogens with zero attached hydrogens (tertiary/aromatic N) is 4. The highest BCUT2D eigenvalue weighted by atomic mass is 16.2. The summed E-state index contributed by atoms with van der Waals surface area (Å²) in [5, 5.41) is 0. The minimum absolute atomic E-state index is 0.132. The first-order valence-electron chi connectivity index (χ1n) is 8.88. The smallest absolute Gasteiger partial charge is 0.253 e. The molecule has 1 saturated heterocycles. The van der Waals surface area contributed by atoms with Gasteiger partial charge < -0.3 is 14.0 Å². The molecular weight excluding hydrogens is 312 g/mol. The number of hydrogen-bond donors (Lipinski definition) is 0. The van der Waals surface area contributed by atoms with Crippen LogP contribution in [0.25, 0.3) is 11.4 Å². The van der Waals surface area contributed by atoms with Gasteiger partial charge in [0.15, 0.2) is 0 Å². The summed E-state index contributed by atoms with van der Waals surface area (Å²) in [7, 11) is 0. The minimum atomic E-state index is 0.132. The van der Waals surface area contributed by atoms with Gasteiger partial charge in [-0.25, -0.2) is 4.98 Å². The fraction of sp³-hybridized carbons (Fsp3) is 0.300. The molecule has 0 N–H and O–H groups in total. The molecule has 4 rings (SSSR count). The second-order valence-corrected chi connectivity index (χ2v) is 6.47. The lowest BCUT2D eigenvalue weighted by atomic mass is 10.1. The van der Waals surface area contributed by atoms with Gasteiger partial charge in [0.2, 0.25) is 0 Å². The first-order valence-corrected chi connectivity index (χ1v) is 8.88. The molecule has 0 spiro atoms. The number of hydrogen-bond acceptors (Lipinski definition) is 2. The summed E-state index contributed by atoms with van der Waals surface area (Å²) in [6, 6.07) is 9.89. The third kappa shape index (κ3) is 3.22. The summed E-state index contributed by atoms with van der Waals surface area (Å²) in [5.74, 6) is 0.132. The van der Waals surface area contributed by atoms with Gasteiger partial charge in [0.1, 0.15) is 0 Å². The zero-order chi connectivity index (χ0) is 17.1. The van der Waals surface area contributed by atoms with E-state index in [1.165, 1.54) is 12.8 Å². The van der Waals surface area contributed by atoms with Crippen LogP contribution in [-0.2, 0) is 0 Å². The summed E-state index contributed by atoms with van der Waals surface area (Å²) in [6.45, 7) is 1.72. The molecule has 2 aromatic heterocycles. The van der Waals surface area contributed by atoms with Crippen LogP contribution in [0, 0.1) is 0 Å². The molecule has 1 fully saturated rings. The van der Waals surface area contributed by atoms with E-state index in [4.69, 9.17) is 0 Å². The average molecular weight is 334 g/mol. The van der Waals surface area contributed by atoms with Gasteiger partial charge in [-0.3, -0.25) is 4.79 Å². The van der Waals surface area contributed by atoms with Crippen LogP contribution < -0.4 is 0 Å². The Labute approximate surface area is 147 Å². The second-order valence-electron chi connectivity index (χ2n) is 6.47. The van der Waals surface area contributed by atoms with Gasteiger partial charge in [0, 0.05) is 43.4 Å². The number of imidazole rings is 1. The summed E-state index contributed by atoms with van der Waals surface area (Å²) < 4.78 is 4.00. The van der Waals surface area contributed by atoms with Crippen LogP contribution in [0.3, 0.4) is 0 Å². The van der Waals surface area contributed by atoms with E-state index in [2.05, 4.69) is 4.98 Å². The first kappa shape index (κ1) is 15.7. The monoisotopic (exact) mass is 334 g/mol. The highest BCUT2D eigenvalue weighted by Crippen LogP contribution is 2.23. The largest absolute Gasteiger partial charge is 0.339 e. The van der Waals surface area contributed by atoms with Crippen molar-refractivity contribution in [1.29, 1.82) is 0 Å². The third-order valence-corrected chi connectivity index (χ3v) is 4.78. The molecule has 3 heterocycles. The molecule has 1 aliphatic heterocycles. The third-order valence-electron chi connectivity index (χ3n) is 4.78. The number of rotatable bonds is 3. The van der Waals surface area contributed by atoms with Gasteiger partial charge in [-0.1, -0.05) is 12.8 Å². The molecule has 5 heteroatoms. The number of aromatic nitrogens is 3. The van der Waals surface area contributed by atoms with Crippen molar-refractivity contribution in [3.8, 4) is 11.4 Å². The zero-order valence-electron chi connectivity index (χ0n) is 14.2. The van der Waals surface area contributed by atoms with E-state index in [1.807, 2.05) is 63.0 Å². The molecule has 1 aliphatic rings. The van der Waals surface area contributed by atoms with Gasteiger partial charge >= 0.3 is 0 Å². The van der Waals surface area contributed by atoms with Gasteiger partial charge in [-0.15, -0.1) is 0 Å². The number of likely N-dealkylation sites (tertiary alicyclic amines) is 1. The fourth-order valence-corrected chi connectivity index (χ4v) is 3.43. The Morgan fingerprint density at radius 3 is 2.32 bits per heavy atom. The zero-order valence-corrected chi connectivity index (χ0v) is 14.2. The molecule has 0 unspecified atom stereocenters. The van der Waals surface area contributed by atoms with Crippen molar-refractivity contribution in [3.63, 3.8) is 0 Å². The van der Waals surface area contributed by atoms with Gasteiger partial charge in [0.05, 0.1) is 17.7 Å². The summed E-state index contributed by atoms with van der Waals surface area (Å²) in [6.07, 6.45) is 14.1. The van der Waals surface area contributed by atoms with Crippen LogP contribution in [0.5, 0.6) is 0 Å². The summed E-state index contributed by atoms with van der Waals surface area (Å²) >= 11 is 0. The maximum absolute atomic E-state index is 13.0. The average Bonchev–Trinajstić information content (AvgIpc) is 3.30. The van der Waals surface area contributed by atoms with Crippen LogP contribution in [-0.4, -0.2) is 38.0 Å². The Kier molecular flexibility index (Phi) is 4.37. The number of benzene rings is 1. The maximum Gasteiger partial charge on any atom is 0.253 e. The van der Waals surface area contributed by atoms with Crippen molar-refractivity contribution in [2.45, 2.75) is 25.7 Å². The van der Waals surface area contributed by atoms with Crippen LogP contribution in [0.15, 0.2) is 61.4 Å². The van der Waals surface area contributed by atoms with E-state index in [0.29, 0.717) is 0 Å². The Balaban J connectivity index is 1.72. The Bertz CT molecular complexity index is 829. The predicted molar refractivity (Wildman–Crippen MR) is 97.3 cm³/mol. The molecule has 0 aliphatic carbocycles. The van der Waals surface area contributed by atoms with Crippen LogP contribution in [0.2, 0.25) is 0 Å². The van der Waals surface area contributed by atoms with Gasteiger partial charge in [-0.2, -0.15) is 0 Å². The fourth-order valence-electron chi connectivity index (χ4n) is 3.43. The predicted octanol–water partition coefficient (Wildman–Crippen LogP) is 3.68. The second kappa shape index (κ2) is 6.97. The van der Waals surface area contributed by atoms with Gasteiger partial charge in [0.25, 0.3) is 5.91 Å². The van der Waals surface area contributed by atoms with Crippen molar-refractivity contribution < 1.29 is 4.79 Å². The highest BCUT2D eigenvalue weighted by Gasteiger charge is 2.19. The summed E-state index contributed by atoms with van der Waals surface area (Å²) in [5.41, 5.74) is 2.72. The highest BCUT2D eigenvalue weighted by molar-refractivity contribution is 5.95. The molecular formula is C20H22N4O. The molecule has 0 saturated carbocycles. The van der Waals surface area contributed by atoms with Crippen LogP contribution >= 0.6 is 0 Å². The lowest BCUT2D eigenvalue weighted by Crippen LogP contribution is -2.31. The van der Waals surface area contributed by atoms with E-state index in [1.54, 1.807) is 12.5 Å². The van der Waals surface area contributed by atoms with Crippen molar-refractivity contribution in [2.24, 2.45) is 0 Å². The minimum Gasteiger partial charge on any atom is -0.339 e. The normalized spacial score (nSPS) is 15.1. The summed E-state index contributed by atoms with van der Waals surface area (Å²) in [4.78, 5) is 19.1. The Morgan fingerprint density at radius 1 is 0.880 bits per heavy atom. The van der Waals surface area contributed by atoms with E-state index in [0.717, 1.165) is 42.9 Å². The van der Waals surface area contributed by atoms with Crippen LogP contribution in [0.4, 0.5) is 0 Å². The van der Waals surface area contributed by atoms with Crippen molar-refractivity contribution in [1.82, 2.24) is 19.0 Å². The van der Waals surface area contributed by atoms with Crippen molar-refractivity contribution in [3.05, 3.63) is 67.0 Å². The molecule has 5 nitrogen and oxygen atoms in total. The quantitative estimate of drug-likeness (QED) is 0.733. The molecule has 1 aromatic carbocycles. The molecule has 3 aromatic rings. The lowest BCUT2D eigenvalue weighted by molar-refractivity contribution is 0.0761. The van der Waals surface area contributed by atoms with E-state index >= 15 is 0 Å². The molecule has 0 radical (unpaired) electrons. The van der Waals surface area contributed by atoms with Gasteiger partial charge in [-0.05, 0) is 43.2 Å². The SMILES string of the molecule is O=C(c1ccc(-n2ccnc2)c(-n2cccc2)c1)N1CCCCCC1. The van der Waals surface area contributed by atoms with E-state index in [9.17, 15) is 4.79 Å². The first-order chi connectivity index (χ1) is 12.3. The molecule has 0 atom stereocenters. The number of amides is 1. The Hall–Kier alpha value is -2.82. The van der Waals surface area contributed by atoms with Crippen LogP contribution in [0.1, 0.15) is 36.0 Å². The van der Waals surface area contributed by atoms with E-state index < -0.39 is 0 Å². The maximum atomic E-state index is 13.0. The topological polar surface area (TPSA) is 43.1 Å². The number of carbonyl (C=O) groups excluding carboxylic acids is 1. The number of carbonyl (C=O) groups is 1. The molecule has 0 bridgehead atoms. The Morgan fingerprint density at radius 2 is 1.64 bits per heavy atom.